The summed E-state index contributed by atoms with van der Waals surface area (Å²) in [6.07, 6.45) is 2.22. The SMILES string of the molecule is CC(O)c1ccc(N(C)CC2CC2)c(Cl)c1. The van der Waals surface area contributed by atoms with Gasteiger partial charge in [0.1, 0.15) is 0 Å². The summed E-state index contributed by atoms with van der Waals surface area (Å²) in [6, 6.07) is 5.78. The van der Waals surface area contributed by atoms with E-state index in [-0.39, 0.29) is 0 Å². The molecule has 1 fully saturated rings. The Balaban J connectivity index is 2.14. The fraction of sp³-hybridized carbons (Fsp3) is 0.538. The first-order chi connectivity index (χ1) is 7.58. The van der Waals surface area contributed by atoms with Crippen LogP contribution in [0.2, 0.25) is 5.02 Å². The lowest BCUT2D eigenvalue weighted by Crippen LogP contribution is -2.20. The third kappa shape index (κ3) is 2.69. The Hall–Kier alpha value is -0.730. The van der Waals surface area contributed by atoms with E-state index in [0.717, 1.165) is 28.7 Å². The summed E-state index contributed by atoms with van der Waals surface area (Å²) in [6.45, 7) is 2.83. The largest absolute Gasteiger partial charge is 0.389 e. The number of hydrogen-bond donors (Lipinski definition) is 1. The van der Waals surface area contributed by atoms with E-state index in [1.165, 1.54) is 12.8 Å². The average Bonchev–Trinajstić information content (AvgIpc) is 3.01. The van der Waals surface area contributed by atoms with Crippen LogP contribution in [0.5, 0.6) is 0 Å². The molecule has 0 aliphatic heterocycles. The van der Waals surface area contributed by atoms with Crippen molar-refractivity contribution in [3.63, 3.8) is 0 Å². The van der Waals surface area contributed by atoms with Crippen molar-refractivity contribution in [1.82, 2.24) is 0 Å². The van der Waals surface area contributed by atoms with E-state index in [9.17, 15) is 5.11 Å². The molecule has 1 saturated carbocycles. The molecule has 88 valence electrons. The molecule has 2 nitrogen and oxygen atoms in total. The Morgan fingerprint density at radius 1 is 1.50 bits per heavy atom. The molecule has 1 aliphatic rings. The predicted octanol–water partition coefficient (Wildman–Crippen LogP) is 3.24. The van der Waals surface area contributed by atoms with E-state index in [4.69, 9.17) is 11.6 Å². The van der Waals surface area contributed by atoms with Crippen LogP contribution in [-0.2, 0) is 0 Å². The lowest BCUT2D eigenvalue weighted by atomic mass is 10.1. The van der Waals surface area contributed by atoms with Crippen molar-refractivity contribution in [1.29, 1.82) is 0 Å². The summed E-state index contributed by atoms with van der Waals surface area (Å²) < 4.78 is 0. The predicted molar refractivity (Wildman–Crippen MR) is 68.1 cm³/mol. The lowest BCUT2D eigenvalue weighted by Gasteiger charge is -2.21. The molecule has 1 unspecified atom stereocenters. The molecule has 0 saturated heterocycles. The second-order valence-corrected chi connectivity index (χ2v) is 5.12. The molecule has 3 heteroatoms. The van der Waals surface area contributed by atoms with Gasteiger partial charge in [0.05, 0.1) is 16.8 Å². The minimum Gasteiger partial charge on any atom is -0.389 e. The average molecular weight is 240 g/mol. The van der Waals surface area contributed by atoms with Gasteiger partial charge in [0.2, 0.25) is 0 Å². The quantitative estimate of drug-likeness (QED) is 0.872. The van der Waals surface area contributed by atoms with Crippen LogP contribution < -0.4 is 4.90 Å². The summed E-state index contributed by atoms with van der Waals surface area (Å²) in [4.78, 5) is 2.20. The number of aliphatic hydroxyl groups excluding tert-OH is 1. The van der Waals surface area contributed by atoms with Gasteiger partial charge in [-0.2, -0.15) is 0 Å². The highest BCUT2D eigenvalue weighted by molar-refractivity contribution is 6.33. The van der Waals surface area contributed by atoms with Crippen LogP contribution in [-0.4, -0.2) is 18.7 Å². The fourth-order valence-corrected chi connectivity index (χ4v) is 2.21. The Labute approximate surface area is 102 Å². The van der Waals surface area contributed by atoms with Gasteiger partial charge in [0.15, 0.2) is 0 Å². The van der Waals surface area contributed by atoms with Gasteiger partial charge < -0.3 is 10.0 Å². The normalized spacial score (nSPS) is 17.2. The van der Waals surface area contributed by atoms with E-state index in [1.807, 2.05) is 18.2 Å². The van der Waals surface area contributed by atoms with Gasteiger partial charge in [-0.15, -0.1) is 0 Å². The first-order valence-corrected chi connectivity index (χ1v) is 6.14. The van der Waals surface area contributed by atoms with E-state index in [0.29, 0.717) is 0 Å². The molecule has 16 heavy (non-hydrogen) atoms. The van der Waals surface area contributed by atoms with Crippen molar-refractivity contribution >= 4 is 17.3 Å². The molecule has 0 spiro atoms. The molecule has 0 bridgehead atoms. The van der Waals surface area contributed by atoms with Crippen LogP contribution in [0.3, 0.4) is 0 Å². The highest BCUT2D eigenvalue weighted by atomic mass is 35.5. The molecule has 0 amide bonds. The minimum absolute atomic E-state index is 0.458. The molecule has 0 heterocycles. The summed E-state index contributed by atoms with van der Waals surface area (Å²) in [5.74, 6) is 0.845. The minimum atomic E-state index is -0.458. The number of halogens is 1. The second-order valence-electron chi connectivity index (χ2n) is 4.71. The summed E-state index contributed by atoms with van der Waals surface area (Å²) in [5, 5.41) is 10.2. The van der Waals surface area contributed by atoms with Crippen molar-refractivity contribution in [2.24, 2.45) is 5.92 Å². The fourth-order valence-electron chi connectivity index (χ4n) is 1.88. The first-order valence-electron chi connectivity index (χ1n) is 5.76. The molecule has 1 aromatic rings. The van der Waals surface area contributed by atoms with Crippen molar-refractivity contribution in [2.45, 2.75) is 25.9 Å². The number of nitrogens with zero attached hydrogens (tertiary/aromatic N) is 1. The standard InChI is InChI=1S/C13H18ClNO/c1-9(16)11-5-6-13(12(14)7-11)15(2)8-10-3-4-10/h5-7,9-10,16H,3-4,8H2,1-2H3. The molecule has 1 N–H and O–H groups in total. The van der Waals surface area contributed by atoms with Gasteiger partial charge >= 0.3 is 0 Å². The molecular formula is C13H18ClNO. The van der Waals surface area contributed by atoms with Crippen molar-refractivity contribution < 1.29 is 5.11 Å². The molecule has 1 aromatic carbocycles. The van der Waals surface area contributed by atoms with Gasteiger partial charge in [-0.1, -0.05) is 17.7 Å². The summed E-state index contributed by atoms with van der Waals surface area (Å²) in [5.41, 5.74) is 1.92. The van der Waals surface area contributed by atoms with Crippen LogP contribution in [0.25, 0.3) is 0 Å². The van der Waals surface area contributed by atoms with E-state index >= 15 is 0 Å². The zero-order valence-corrected chi connectivity index (χ0v) is 10.5. The van der Waals surface area contributed by atoms with Gasteiger partial charge in [-0.3, -0.25) is 0 Å². The van der Waals surface area contributed by atoms with Crippen LogP contribution >= 0.6 is 11.6 Å². The van der Waals surface area contributed by atoms with E-state index < -0.39 is 6.10 Å². The van der Waals surface area contributed by atoms with Crippen LogP contribution in [0.15, 0.2) is 18.2 Å². The number of hydrogen-bond acceptors (Lipinski definition) is 2. The van der Waals surface area contributed by atoms with Crippen LogP contribution in [0, 0.1) is 5.92 Å². The van der Waals surface area contributed by atoms with Crippen molar-refractivity contribution in [3.05, 3.63) is 28.8 Å². The molecular weight excluding hydrogens is 222 g/mol. The number of aliphatic hydroxyl groups is 1. The molecule has 0 aromatic heterocycles. The highest BCUT2D eigenvalue weighted by Gasteiger charge is 2.23. The van der Waals surface area contributed by atoms with Crippen molar-refractivity contribution in [2.75, 3.05) is 18.5 Å². The Morgan fingerprint density at radius 2 is 2.19 bits per heavy atom. The summed E-state index contributed by atoms with van der Waals surface area (Å²) >= 11 is 6.22. The number of benzene rings is 1. The van der Waals surface area contributed by atoms with Crippen molar-refractivity contribution in [3.8, 4) is 0 Å². The Bertz CT molecular complexity index is 374. The third-order valence-corrected chi connectivity index (χ3v) is 3.40. The summed E-state index contributed by atoms with van der Waals surface area (Å²) in [7, 11) is 2.07. The smallest absolute Gasteiger partial charge is 0.0762 e. The van der Waals surface area contributed by atoms with E-state index in [2.05, 4.69) is 11.9 Å². The molecule has 0 radical (unpaired) electrons. The number of anilines is 1. The lowest BCUT2D eigenvalue weighted by molar-refractivity contribution is 0.199. The Morgan fingerprint density at radius 3 is 2.69 bits per heavy atom. The Kier molecular flexibility index (Phi) is 3.41. The zero-order valence-electron chi connectivity index (χ0n) is 9.78. The van der Waals surface area contributed by atoms with E-state index in [1.54, 1.807) is 6.92 Å². The van der Waals surface area contributed by atoms with Crippen LogP contribution in [0.1, 0.15) is 31.4 Å². The topological polar surface area (TPSA) is 23.5 Å². The first kappa shape index (κ1) is 11.7. The number of rotatable bonds is 4. The molecule has 2 rings (SSSR count). The maximum atomic E-state index is 9.46. The highest BCUT2D eigenvalue weighted by Crippen LogP contribution is 2.33. The van der Waals surface area contributed by atoms with Crippen LogP contribution in [0.4, 0.5) is 5.69 Å². The zero-order chi connectivity index (χ0) is 11.7. The molecule has 1 aliphatic carbocycles. The maximum Gasteiger partial charge on any atom is 0.0762 e. The van der Waals surface area contributed by atoms with Gasteiger partial charge in [0, 0.05) is 13.6 Å². The third-order valence-electron chi connectivity index (χ3n) is 3.09. The second kappa shape index (κ2) is 4.64. The maximum absolute atomic E-state index is 9.46. The van der Waals surface area contributed by atoms with Gasteiger partial charge in [-0.25, -0.2) is 0 Å². The van der Waals surface area contributed by atoms with Gasteiger partial charge in [0.25, 0.3) is 0 Å². The van der Waals surface area contributed by atoms with Gasteiger partial charge in [-0.05, 0) is 43.4 Å². The monoisotopic (exact) mass is 239 g/mol. The molecule has 1 atom stereocenters.